The van der Waals surface area contributed by atoms with Crippen LogP contribution in [0.1, 0.15) is 23.6 Å². The number of carbonyl (C=O) groups excluding carboxylic acids is 2. The fourth-order valence-electron chi connectivity index (χ4n) is 3.46. The van der Waals surface area contributed by atoms with Crippen LogP contribution in [0.5, 0.6) is 0 Å². The molecule has 4 nitrogen and oxygen atoms in total. The molecule has 3 aromatic carbocycles. The first kappa shape index (κ1) is 21.2. The zero-order chi connectivity index (χ0) is 22.1. The van der Waals surface area contributed by atoms with Gasteiger partial charge in [0.2, 0.25) is 0 Å². The van der Waals surface area contributed by atoms with Gasteiger partial charge in [-0.3, -0.25) is 9.59 Å². The molecule has 0 saturated carbocycles. The van der Waals surface area contributed by atoms with Crippen LogP contribution in [0.4, 0.5) is 11.4 Å². The fraction of sp³-hybridized carbons (Fsp3) is 0.120. The van der Waals surface area contributed by atoms with Crippen LogP contribution in [0.25, 0.3) is 5.57 Å². The molecule has 0 unspecified atom stereocenters. The van der Waals surface area contributed by atoms with Crippen LogP contribution in [-0.2, 0) is 16.0 Å². The summed E-state index contributed by atoms with van der Waals surface area (Å²) >= 11 is 12.3. The van der Waals surface area contributed by atoms with Crippen molar-refractivity contribution in [3.05, 3.63) is 99.2 Å². The molecule has 156 valence electrons. The van der Waals surface area contributed by atoms with Gasteiger partial charge < -0.3 is 5.32 Å². The van der Waals surface area contributed by atoms with Crippen LogP contribution >= 0.6 is 23.2 Å². The van der Waals surface area contributed by atoms with E-state index < -0.39 is 11.8 Å². The van der Waals surface area contributed by atoms with Crippen molar-refractivity contribution in [1.82, 2.24) is 0 Å². The van der Waals surface area contributed by atoms with Crippen LogP contribution in [0.3, 0.4) is 0 Å². The third kappa shape index (κ3) is 4.09. The van der Waals surface area contributed by atoms with Crippen LogP contribution in [0.2, 0.25) is 10.0 Å². The number of benzene rings is 3. The van der Waals surface area contributed by atoms with Gasteiger partial charge in [-0.05, 0) is 66.4 Å². The Kier molecular flexibility index (Phi) is 5.86. The highest BCUT2D eigenvalue weighted by molar-refractivity contribution is 6.46. The number of aryl methyl sites for hydroxylation is 2. The summed E-state index contributed by atoms with van der Waals surface area (Å²) in [6, 6.07) is 19.7. The van der Waals surface area contributed by atoms with E-state index in [-0.39, 0.29) is 11.3 Å². The number of imide groups is 1. The van der Waals surface area contributed by atoms with Crippen LogP contribution in [0, 0.1) is 6.92 Å². The number of amides is 2. The molecular weight excluding hydrogens is 431 g/mol. The Balaban J connectivity index is 1.80. The van der Waals surface area contributed by atoms with E-state index in [9.17, 15) is 9.59 Å². The normalized spacial score (nSPS) is 13.9. The molecule has 0 atom stereocenters. The summed E-state index contributed by atoms with van der Waals surface area (Å²) < 4.78 is 0. The third-order valence-electron chi connectivity index (χ3n) is 5.26. The van der Waals surface area contributed by atoms with Crippen molar-refractivity contribution in [2.24, 2.45) is 0 Å². The number of halogens is 2. The number of nitrogens with one attached hydrogen (secondary N) is 1. The minimum atomic E-state index is -0.420. The molecule has 0 saturated heterocycles. The van der Waals surface area contributed by atoms with Gasteiger partial charge >= 0.3 is 0 Å². The van der Waals surface area contributed by atoms with Crippen molar-refractivity contribution in [2.75, 3.05) is 10.2 Å². The SMILES string of the molecule is CCc1ccc(N2C(=O)C(Nc3ccc(C)c(Cl)c3)=C(c3ccc(Cl)cc3)C2=O)cc1. The van der Waals surface area contributed by atoms with Crippen molar-refractivity contribution in [3.63, 3.8) is 0 Å². The number of carbonyl (C=O) groups is 2. The quantitative estimate of drug-likeness (QED) is 0.466. The molecular formula is C25H20Cl2N2O2. The molecule has 0 radical (unpaired) electrons. The monoisotopic (exact) mass is 450 g/mol. The maximum atomic E-state index is 13.4. The van der Waals surface area contributed by atoms with Crippen molar-refractivity contribution in [2.45, 2.75) is 20.3 Å². The number of hydrogen-bond acceptors (Lipinski definition) is 3. The van der Waals surface area contributed by atoms with E-state index in [1.807, 2.05) is 31.2 Å². The summed E-state index contributed by atoms with van der Waals surface area (Å²) in [7, 11) is 0. The molecule has 3 aromatic rings. The van der Waals surface area contributed by atoms with Gasteiger partial charge in [0.25, 0.3) is 11.8 Å². The van der Waals surface area contributed by atoms with E-state index in [1.165, 1.54) is 4.90 Å². The highest BCUT2D eigenvalue weighted by Gasteiger charge is 2.40. The van der Waals surface area contributed by atoms with Crippen molar-refractivity contribution in [3.8, 4) is 0 Å². The lowest BCUT2D eigenvalue weighted by atomic mass is 10.0. The number of nitrogens with zero attached hydrogens (tertiary/aromatic N) is 1. The maximum absolute atomic E-state index is 13.4. The molecule has 6 heteroatoms. The summed E-state index contributed by atoms with van der Waals surface area (Å²) in [5, 5.41) is 4.25. The molecule has 1 aliphatic rings. The largest absolute Gasteiger partial charge is 0.350 e. The second-order valence-electron chi connectivity index (χ2n) is 7.31. The lowest BCUT2D eigenvalue weighted by molar-refractivity contribution is -0.120. The smallest absolute Gasteiger partial charge is 0.282 e. The van der Waals surface area contributed by atoms with Crippen molar-refractivity contribution < 1.29 is 9.59 Å². The van der Waals surface area contributed by atoms with Crippen LogP contribution < -0.4 is 10.2 Å². The topological polar surface area (TPSA) is 49.4 Å². The lowest BCUT2D eigenvalue weighted by Gasteiger charge is -2.16. The Morgan fingerprint density at radius 2 is 1.55 bits per heavy atom. The number of hydrogen-bond donors (Lipinski definition) is 1. The standard InChI is InChI=1S/C25H20Cl2N2O2/c1-3-16-5-12-20(13-6-16)29-24(30)22(17-7-9-18(26)10-8-17)23(25(29)31)28-19-11-4-15(2)21(27)14-19/h4-14,28H,3H2,1-2H3. The van der Waals surface area contributed by atoms with Gasteiger partial charge in [0.1, 0.15) is 5.70 Å². The van der Waals surface area contributed by atoms with E-state index >= 15 is 0 Å². The van der Waals surface area contributed by atoms with Gasteiger partial charge in [0.15, 0.2) is 0 Å². The summed E-state index contributed by atoms with van der Waals surface area (Å²) in [5.41, 5.74) is 4.30. The summed E-state index contributed by atoms with van der Waals surface area (Å²) in [6.45, 7) is 3.95. The Morgan fingerprint density at radius 3 is 2.16 bits per heavy atom. The van der Waals surface area contributed by atoms with E-state index in [0.29, 0.717) is 27.0 Å². The van der Waals surface area contributed by atoms with Gasteiger partial charge in [-0.15, -0.1) is 0 Å². The van der Waals surface area contributed by atoms with E-state index in [4.69, 9.17) is 23.2 Å². The minimum Gasteiger partial charge on any atom is -0.350 e. The third-order valence-corrected chi connectivity index (χ3v) is 5.92. The molecule has 1 heterocycles. The van der Waals surface area contributed by atoms with Crippen LogP contribution in [0.15, 0.2) is 72.4 Å². The summed E-state index contributed by atoms with van der Waals surface area (Å²) in [6.07, 6.45) is 0.872. The molecule has 0 aromatic heterocycles. The average molecular weight is 451 g/mol. The first-order valence-electron chi connectivity index (χ1n) is 9.90. The van der Waals surface area contributed by atoms with E-state index in [2.05, 4.69) is 12.2 Å². The van der Waals surface area contributed by atoms with Crippen molar-refractivity contribution in [1.29, 1.82) is 0 Å². The Bertz CT molecular complexity index is 1200. The Morgan fingerprint density at radius 1 is 0.871 bits per heavy atom. The zero-order valence-electron chi connectivity index (χ0n) is 17.1. The predicted octanol–water partition coefficient (Wildman–Crippen LogP) is 6.26. The second kappa shape index (κ2) is 8.58. The molecule has 0 bridgehead atoms. The number of rotatable bonds is 5. The van der Waals surface area contributed by atoms with Gasteiger partial charge in [-0.1, -0.05) is 60.5 Å². The van der Waals surface area contributed by atoms with Gasteiger partial charge in [-0.25, -0.2) is 4.90 Å². The van der Waals surface area contributed by atoms with Crippen LogP contribution in [-0.4, -0.2) is 11.8 Å². The van der Waals surface area contributed by atoms with Gasteiger partial charge in [0, 0.05) is 15.7 Å². The fourth-order valence-corrected chi connectivity index (χ4v) is 3.77. The predicted molar refractivity (Wildman–Crippen MR) is 126 cm³/mol. The molecule has 4 rings (SSSR count). The molecule has 31 heavy (non-hydrogen) atoms. The lowest BCUT2D eigenvalue weighted by Crippen LogP contribution is -2.32. The average Bonchev–Trinajstić information content (AvgIpc) is 3.01. The maximum Gasteiger partial charge on any atom is 0.282 e. The van der Waals surface area contributed by atoms with Crippen molar-refractivity contribution >= 4 is 52.0 Å². The Hall–Kier alpha value is -3.08. The molecule has 1 N–H and O–H groups in total. The van der Waals surface area contributed by atoms with Gasteiger partial charge in [-0.2, -0.15) is 0 Å². The summed E-state index contributed by atoms with van der Waals surface area (Å²) in [5.74, 6) is -0.812. The summed E-state index contributed by atoms with van der Waals surface area (Å²) in [4.78, 5) is 28.0. The zero-order valence-corrected chi connectivity index (χ0v) is 18.6. The molecule has 1 aliphatic heterocycles. The first-order valence-corrected chi connectivity index (χ1v) is 10.7. The van der Waals surface area contributed by atoms with E-state index in [1.54, 1.807) is 42.5 Å². The molecule has 0 fully saturated rings. The van der Waals surface area contributed by atoms with Gasteiger partial charge in [0.05, 0.1) is 11.3 Å². The first-order chi connectivity index (χ1) is 14.9. The minimum absolute atomic E-state index is 0.201. The number of anilines is 2. The molecule has 0 spiro atoms. The highest BCUT2D eigenvalue weighted by atomic mass is 35.5. The van der Waals surface area contributed by atoms with E-state index in [0.717, 1.165) is 17.5 Å². The molecule has 0 aliphatic carbocycles. The second-order valence-corrected chi connectivity index (χ2v) is 8.16. The molecule has 2 amide bonds. The Labute approximate surface area is 191 Å². The highest BCUT2D eigenvalue weighted by Crippen LogP contribution is 2.34.